The number of pyridine rings is 1. The molecule has 1 saturated heterocycles. The molecule has 0 aromatic carbocycles. The van der Waals surface area contributed by atoms with Crippen LogP contribution < -0.4 is 10.5 Å². The van der Waals surface area contributed by atoms with Gasteiger partial charge in [0.2, 0.25) is 0 Å². The molecule has 3 heterocycles. The lowest BCUT2D eigenvalue weighted by Gasteiger charge is -2.20. The van der Waals surface area contributed by atoms with Gasteiger partial charge in [-0.3, -0.25) is 0 Å². The smallest absolute Gasteiger partial charge is 0.387 e. The van der Waals surface area contributed by atoms with Gasteiger partial charge in [-0.25, -0.2) is 9.97 Å². The summed E-state index contributed by atoms with van der Waals surface area (Å²) in [6.45, 7) is 0.971. The van der Waals surface area contributed by atoms with Crippen LogP contribution in [0, 0.1) is 17.8 Å². The molecule has 1 aliphatic heterocycles. The number of alkyl halides is 2. The Morgan fingerprint density at radius 2 is 2.03 bits per heavy atom. The summed E-state index contributed by atoms with van der Waals surface area (Å²) in [6.07, 6.45) is 7.09. The SMILES string of the molecule is COCCN1C[C@@H]2[C@H](C1)[C@H]2n1cc(-c2cnc(N)c(OC(F)F)c2)nc1CC1CC1. The molecule has 2 aromatic heterocycles. The zero-order chi connectivity index (χ0) is 20.8. The minimum atomic E-state index is -2.95. The molecule has 0 amide bonds. The molecule has 2 saturated carbocycles. The fourth-order valence-electron chi connectivity index (χ4n) is 4.74. The molecule has 2 aromatic rings. The number of anilines is 1. The highest BCUT2D eigenvalue weighted by molar-refractivity contribution is 5.63. The van der Waals surface area contributed by atoms with E-state index in [9.17, 15) is 8.78 Å². The van der Waals surface area contributed by atoms with Gasteiger partial charge in [0.25, 0.3) is 0 Å². The molecular weight excluding hydrogens is 392 g/mol. The average molecular weight is 419 g/mol. The minimum Gasteiger partial charge on any atom is -0.431 e. The van der Waals surface area contributed by atoms with Crippen molar-refractivity contribution in [1.82, 2.24) is 19.4 Å². The average Bonchev–Trinajstić information content (AvgIpc) is 3.56. The summed E-state index contributed by atoms with van der Waals surface area (Å²) in [6, 6.07) is 1.97. The molecule has 3 atom stereocenters. The molecule has 5 rings (SSSR count). The van der Waals surface area contributed by atoms with Crippen LogP contribution in [0.25, 0.3) is 11.3 Å². The van der Waals surface area contributed by atoms with Crippen molar-refractivity contribution in [3.8, 4) is 17.0 Å². The highest BCUT2D eigenvalue weighted by Crippen LogP contribution is 2.56. The van der Waals surface area contributed by atoms with E-state index in [1.165, 1.54) is 18.9 Å². The molecule has 2 aliphatic carbocycles. The van der Waals surface area contributed by atoms with Crippen molar-refractivity contribution in [2.75, 3.05) is 39.1 Å². The minimum absolute atomic E-state index is 0.0513. The normalized spacial score (nSPS) is 25.7. The Bertz CT molecular complexity index is 905. The second-order valence-electron chi connectivity index (χ2n) is 8.65. The van der Waals surface area contributed by atoms with E-state index < -0.39 is 6.61 Å². The van der Waals surface area contributed by atoms with Crippen LogP contribution in [0.4, 0.5) is 14.6 Å². The third kappa shape index (κ3) is 3.88. The number of nitrogens with two attached hydrogens (primary N) is 1. The summed E-state index contributed by atoms with van der Waals surface area (Å²) >= 11 is 0. The second-order valence-corrected chi connectivity index (χ2v) is 8.65. The van der Waals surface area contributed by atoms with Crippen LogP contribution in [0.1, 0.15) is 24.7 Å². The van der Waals surface area contributed by atoms with E-state index in [0.29, 0.717) is 29.4 Å². The van der Waals surface area contributed by atoms with Gasteiger partial charge in [-0.05, 0) is 36.7 Å². The maximum Gasteiger partial charge on any atom is 0.387 e. The highest BCUT2D eigenvalue weighted by atomic mass is 19.3. The quantitative estimate of drug-likeness (QED) is 0.674. The van der Waals surface area contributed by atoms with Crippen LogP contribution >= 0.6 is 0 Å². The van der Waals surface area contributed by atoms with Gasteiger partial charge in [0.1, 0.15) is 5.82 Å². The first kappa shape index (κ1) is 19.7. The molecule has 0 unspecified atom stereocenters. The summed E-state index contributed by atoms with van der Waals surface area (Å²) in [5.41, 5.74) is 7.06. The third-order valence-corrected chi connectivity index (χ3v) is 6.53. The van der Waals surface area contributed by atoms with Gasteiger partial charge in [0.05, 0.1) is 12.3 Å². The van der Waals surface area contributed by atoms with Crippen molar-refractivity contribution in [2.24, 2.45) is 17.8 Å². The van der Waals surface area contributed by atoms with E-state index in [1.807, 2.05) is 0 Å². The molecule has 30 heavy (non-hydrogen) atoms. The van der Waals surface area contributed by atoms with E-state index in [1.54, 1.807) is 13.3 Å². The maximum absolute atomic E-state index is 12.7. The molecule has 0 radical (unpaired) electrons. The van der Waals surface area contributed by atoms with Gasteiger partial charge in [-0.15, -0.1) is 0 Å². The number of imidazole rings is 1. The Morgan fingerprint density at radius 3 is 2.70 bits per heavy atom. The molecule has 0 spiro atoms. The van der Waals surface area contributed by atoms with Gasteiger partial charge in [-0.1, -0.05) is 0 Å². The number of aromatic nitrogens is 3. The topological polar surface area (TPSA) is 78.4 Å². The van der Waals surface area contributed by atoms with E-state index in [4.69, 9.17) is 15.5 Å². The van der Waals surface area contributed by atoms with Crippen LogP contribution in [-0.2, 0) is 11.2 Å². The summed E-state index contributed by atoms with van der Waals surface area (Å²) in [5, 5.41) is 0. The first-order chi connectivity index (χ1) is 14.5. The molecule has 162 valence electrons. The molecule has 3 fully saturated rings. The van der Waals surface area contributed by atoms with Crippen molar-refractivity contribution in [3.05, 3.63) is 24.3 Å². The van der Waals surface area contributed by atoms with Gasteiger partial charge < -0.3 is 24.7 Å². The van der Waals surface area contributed by atoms with Crippen LogP contribution in [0.3, 0.4) is 0 Å². The van der Waals surface area contributed by atoms with Crippen molar-refractivity contribution in [2.45, 2.75) is 31.9 Å². The largest absolute Gasteiger partial charge is 0.431 e. The maximum atomic E-state index is 12.7. The second kappa shape index (κ2) is 7.77. The Morgan fingerprint density at radius 1 is 1.27 bits per heavy atom. The van der Waals surface area contributed by atoms with E-state index in [2.05, 4.69) is 25.4 Å². The van der Waals surface area contributed by atoms with Crippen molar-refractivity contribution >= 4 is 5.82 Å². The lowest BCUT2D eigenvalue weighted by molar-refractivity contribution is -0.0494. The highest BCUT2D eigenvalue weighted by Gasteiger charge is 2.57. The molecule has 7 nitrogen and oxygen atoms in total. The fourth-order valence-corrected chi connectivity index (χ4v) is 4.74. The number of hydrogen-bond donors (Lipinski definition) is 1. The Hall–Kier alpha value is -2.26. The Kier molecular flexibility index (Phi) is 5.10. The van der Waals surface area contributed by atoms with Crippen molar-refractivity contribution < 1.29 is 18.3 Å². The summed E-state index contributed by atoms with van der Waals surface area (Å²) < 4.78 is 37.4. The number of hydrogen-bond acceptors (Lipinski definition) is 6. The summed E-state index contributed by atoms with van der Waals surface area (Å²) in [5.74, 6) is 2.91. The van der Waals surface area contributed by atoms with Gasteiger partial charge >= 0.3 is 6.61 Å². The summed E-state index contributed by atoms with van der Waals surface area (Å²) in [4.78, 5) is 11.4. The van der Waals surface area contributed by atoms with Gasteiger partial charge in [0.15, 0.2) is 11.6 Å². The molecule has 3 aliphatic rings. The Balaban J connectivity index is 1.38. The summed E-state index contributed by atoms with van der Waals surface area (Å²) in [7, 11) is 1.74. The van der Waals surface area contributed by atoms with E-state index >= 15 is 0 Å². The van der Waals surface area contributed by atoms with Crippen LogP contribution in [-0.4, -0.2) is 59.4 Å². The number of methoxy groups -OCH3 is 1. The third-order valence-electron chi connectivity index (χ3n) is 6.53. The number of fused-ring (bicyclic) bond motifs is 1. The number of halogens is 2. The Labute approximate surface area is 174 Å². The molecule has 2 N–H and O–H groups in total. The number of nitrogens with zero attached hydrogens (tertiary/aromatic N) is 4. The van der Waals surface area contributed by atoms with Crippen molar-refractivity contribution in [3.63, 3.8) is 0 Å². The first-order valence-corrected chi connectivity index (χ1v) is 10.5. The van der Waals surface area contributed by atoms with Gasteiger partial charge in [-0.2, -0.15) is 8.78 Å². The lowest BCUT2D eigenvalue weighted by atomic mass is 10.2. The number of rotatable bonds is 9. The van der Waals surface area contributed by atoms with E-state index in [0.717, 1.165) is 44.2 Å². The predicted molar refractivity (Wildman–Crippen MR) is 107 cm³/mol. The number of nitrogen functional groups attached to an aromatic ring is 1. The van der Waals surface area contributed by atoms with Crippen LogP contribution in [0.2, 0.25) is 0 Å². The van der Waals surface area contributed by atoms with Crippen molar-refractivity contribution in [1.29, 1.82) is 0 Å². The standard InChI is InChI=1S/C21H27F2N5O2/c1-29-5-4-27-9-14-15(10-27)19(14)28-11-16(26-18(28)6-12-2-3-12)13-7-17(30-21(22)23)20(24)25-8-13/h7-8,11-12,14-15,19,21H,2-6,9-10H2,1H3,(H2,24,25)/t14-,15+,19+. The first-order valence-electron chi connectivity index (χ1n) is 10.5. The zero-order valence-corrected chi connectivity index (χ0v) is 17.0. The zero-order valence-electron chi connectivity index (χ0n) is 17.0. The monoisotopic (exact) mass is 419 g/mol. The van der Waals surface area contributed by atoms with E-state index in [-0.39, 0.29) is 11.6 Å². The predicted octanol–water partition coefficient (Wildman–Crippen LogP) is 2.83. The molecular formula is C21H27F2N5O2. The van der Waals surface area contributed by atoms with Crippen LogP contribution in [0.15, 0.2) is 18.5 Å². The molecule has 9 heteroatoms. The molecule has 0 bridgehead atoms. The van der Waals surface area contributed by atoms with Gasteiger partial charge in [0, 0.05) is 57.2 Å². The fraction of sp³-hybridized carbons (Fsp3) is 0.619. The number of piperidine rings is 1. The lowest BCUT2D eigenvalue weighted by Crippen LogP contribution is -2.28. The number of ether oxygens (including phenoxy) is 2. The van der Waals surface area contributed by atoms with Crippen LogP contribution in [0.5, 0.6) is 5.75 Å². The number of likely N-dealkylation sites (tertiary alicyclic amines) is 1.